The van der Waals surface area contributed by atoms with Gasteiger partial charge in [0, 0.05) is 13.1 Å². The Kier molecular flexibility index (Phi) is 4.76. The second kappa shape index (κ2) is 6.55. The maximum Gasteiger partial charge on any atom is 0.233 e. The molecule has 1 aromatic rings. The molecule has 0 atom stereocenters. The van der Waals surface area contributed by atoms with Gasteiger partial charge < -0.3 is 10.6 Å². The van der Waals surface area contributed by atoms with Crippen LogP contribution in [0.5, 0.6) is 0 Å². The summed E-state index contributed by atoms with van der Waals surface area (Å²) < 4.78 is 0. The molecule has 1 aromatic carbocycles. The second-order valence-electron chi connectivity index (χ2n) is 4.97. The minimum Gasteiger partial charge on any atom is -0.355 e. The lowest BCUT2D eigenvalue weighted by Crippen LogP contribution is -2.33. The number of carbonyl (C=O) groups is 1. The molecule has 3 heteroatoms. The van der Waals surface area contributed by atoms with Crippen molar-refractivity contribution in [2.75, 3.05) is 13.1 Å². The number of rotatable bonds is 7. The average Bonchev–Trinajstić information content (AvgIpc) is 3.21. The van der Waals surface area contributed by atoms with E-state index in [0.717, 1.165) is 25.4 Å². The lowest BCUT2D eigenvalue weighted by Gasteiger charge is -2.06. The SMILES string of the molecule is CCCNC(=O)CNCc1ccc(C2CC2)cc1. The zero-order valence-corrected chi connectivity index (χ0v) is 11.0. The van der Waals surface area contributed by atoms with Gasteiger partial charge in [-0.3, -0.25) is 4.79 Å². The van der Waals surface area contributed by atoms with Gasteiger partial charge in [-0.1, -0.05) is 31.2 Å². The molecule has 2 rings (SSSR count). The minimum absolute atomic E-state index is 0.0754. The van der Waals surface area contributed by atoms with Gasteiger partial charge >= 0.3 is 0 Å². The molecule has 0 aliphatic heterocycles. The number of carbonyl (C=O) groups excluding carboxylic acids is 1. The highest BCUT2D eigenvalue weighted by Crippen LogP contribution is 2.39. The van der Waals surface area contributed by atoms with Gasteiger partial charge in [0.15, 0.2) is 0 Å². The fourth-order valence-corrected chi connectivity index (χ4v) is 1.97. The van der Waals surface area contributed by atoms with Crippen LogP contribution in [0.25, 0.3) is 0 Å². The van der Waals surface area contributed by atoms with E-state index in [1.165, 1.54) is 24.0 Å². The van der Waals surface area contributed by atoms with E-state index in [9.17, 15) is 4.79 Å². The van der Waals surface area contributed by atoms with E-state index < -0.39 is 0 Å². The predicted molar refractivity (Wildman–Crippen MR) is 73.4 cm³/mol. The van der Waals surface area contributed by atoms with Crippen LogP contribution in [0.3, 0.4) is 0 Å². The van der Waals surface area contributed by atoms with Crippen LogP contribution >= 0.6 is 0 Å². The van der Waals surface area contributed by atoms with Crippen molar-refractivity contribution < 1.29 is 4.79 Å². The summed E-state index contributed by atoms with van der Waals surface area (Å²) >= 11 is 0. The summed E-state index contributed by atoms with van der Waals surface area (Å²) in [6.07, 6.45) is 3.67. The molecule has 3 nitrogen and oxygen atoms in total. The number of amides is 1. The molecule has 0 spiro atoms. The van der Waals surface area contributed by atoms with Crippen molar-refractivity contribution in [1.29, 1.82) is 0 Å². The van der Waals surface area contributed by atoms with Gasteiger partial charge in [0.1, 0.15) is 0 Å². The van der Waals surface area contributed by atoms with Crippen LogP contribution < -0.4 is 10.6 Å². The first kappa shape index (κ1) is 13.1. The van der Waals surface area contributed by atoms with Crippen LogP contribution in [0, 0.1) is 0 Å². The first-order valence-corrected chi connectivity index (χ1v) is 6.86. The Labute approximate surface area is 109 Å². The summed E-state index contributed by atoms with van der Waals surface area (Å²) in [7, 11) is 0. The monoisotopic (exact) mass is 246 g/mol. The zero-order valence-electron chi connectivity index (χ0n) is 11.0. The van der Waals surface area contributed by atoms with E-state index in [-0.39, 0.29) is 5.91 Å². The maximum atomic E-state index is 11.4. The lowest BCUT2D eigenvalue weighted by atomic mass is 10.1. The molecular formula is C15H22N2O. The van der Waals surface area contributed by atoms with Gasteiger partial charge in [0.05, 0.1) is 6.54 Å². The molecule has 1 aliphatic carbocycles. The maximum absolute atomic E-state index is 11.4. The topological polar surface area (TPSA) is 41.1 Å². The molecule has 0 unspecified atom stereocenters. The van der Waals surface area contributed by atoms with Crippen LogP contribution in [0.4, 0.5) is 0 Å². The van der Waals surface area contributed by atoms with Crippen LogP contribution in [-0.4, -0.2) is 19.0 Å². The Morgan fingerprint density at radius 3 is 2.61 bits per heavy atom. The summed E-state index contributed by atoms with van der Waals surface area (Å²) in [5.41, 5.74) is 2.70. The smallest absolute Gasteiger partial charge is 0.233 e. The molecule has 0 heterocycles. The average molecular weight is 246 g/mol. The number of nitrogens with one attached hydrogen (secondary N) is 2. The molecule has 2 N–H and O–H groups in total. The van der Waals surface area contributed by atoms with Crippen molar-refractivity contribution in [2.45, 2.75) is 38.6 Å². The van der Waals surface area contributed by atoms with Gasteiger partial charge in [-0.15, -0.1) is 0 Å². The second-order valence-corrected chi connectivity index (χ2v) is 4.97. The first-order valence-electron chi connectivity index (χ1n) is 6.86. The molecule has 1 amide bonds. The minimum atomic E-state index is 0.0754. The normalized spacial score (nSPS) is 14.5. The Balaban J connectivity index is 1.68. The van der Waals surface area contributed by atoms with Crippen molar-refractivity contribution in [3.05, 3.63) is 35.4 Å². The van der Waals surface area contributed by atoms with Gasteiger partial charge in [0.25, 0.3) is 0 Å². The summed E-state index contributed by atoms with van der Waals surface area (Å²) in [5, 5.41) is 6.01. The molecule has 1 fully saturated rings. The van der Waals surface area contributed by atoms with E-state index in [1.54, 1.807) is 0 Å². The fourth-order valence-electron chi connectivity index (χ4n) is 1.97. The van der Waals surface area contributed by atoms with Crippen LogP contribution in [0.1, 0.15) is 43.2 Å². The largest absolute Gasteiger partial charge is 0.355 e. The van der Waals surface area contributed by atoms with Crippen LogP contribution in [0.2, 0.25) is 0 Å². The van der Waals surface area contributed by atoms with E-state index in [1.807, 2.05) is 0 Å². The molecule has 0 radical (unpaired) electrons. The standard InChI is InChI=1S/C15H22N2O/c1-2-9-17-15(18)11-16-10-12-3-5-13(6-4-12)14-7-8-14/h3-6,14,16H,2,7-11H2,1H3,(H,17,18). The highest BCUT2D eigenvalue weighted by atomic mass is 16.1. The first-order chi connectivity index (χ1) is 8.79. The molecule has 0 bridgehead atoms. The van der Waals surface area contributed by atoms with Gasteiger partial charge in [-0.25, -0.2) is 0 Å². The Bertz CT molecular complexity index is 382. The highest BCUT2D eigenvalue weighted by Gasteiger charge is 2.22. The van der Waals surface area contributed by atoms with Crippen molar-refractivity contribution in [1.82, 2.24) is 10.6 Å². The Morgan fingerprint density at radius 2 is 2.00 bits per heavy atom. The molecule has 18 heavy (non-hydrogen) atoms. The van der Waals surface area contributed by atoms with Crippen LogP contribution in [-0.2, 0) is 11.3 Å². The van der Waals surface area contributed by atoms with E-state index in [4.69, 9.17) is 0 Å². The molecule has 1 saturated carbocycles. The molecule has 1 aliphatic rings. The molecule has 0 aromatic heterocycles. The summed E-state index contributed by atoms with van der Waals surface area (Å²) in [4.78, 5) is 11.4. The summed E-state index contributed by atoms with van der Waals surface area (Å²) in [5.74, 6) is 0.887. The van der Waals surface area contributed by atoms with Gasteiger partial charge in [0.2, 0.25) is 5.91 Å². The van der Waals surface area contributed by atoms with Crippen molar-refractivity contribution >= 4 is 5.91 Å². The summed E-state index contributed by atoms with van der Waals surface area (Å²) in [6.45, 7) is 3.96. The molecule has 0 saturated heterocycles. The predicted octanol–water partition coefficient (Wildman–Crippen LogP) is 2.18. The zero-order chi connectivity index (χ0) is 12.8. The Morgan fingerprint density at radius 1 is 1.28 bits per heavy atom. The third-order valence-corrected chi connectivity index (χ3v) is 3.22. The van der Waals surface area contributed by atoms with Crippen molar-refractivity contribution in [2.24, 2.45) is 0 Å². The summed E-state index contributed by atoms with van der Waals surface area (Å²) in [6, 6.07) is 8.74. The number of hydrogen-bond acceptors (Lipinski definition) is 2. The molecular weight excluding hydrogens is 224 g/mol. The van der Waals surface area contributed by atoms with E-state index in [0.29, 0.717) is 6.54 Å². The van der Waals surface area contributed by atoms with Crippen molar-refractivity contribution in [3.63, 3.8) is 0 Å². The van der Waals surface area contributed by atoms with Crippen molar-refractivity contribution in [3.8, 4) is 0 Å². The third-order valence-electron chi connectivity index (χ3n) is 3.22. The lowest BCUT2D eigenvalue weighted by molar-refractivity contribution is -0.120. The number of hydrogen-bond donors (Lipinski definition) is 2. The van der Waals surface area contributed by atoms with Gasteiger partial charge in [-0.2, -0.15) is 0 Å². The van der Waals surface area contributed by atoms with E-state index >= 15 is 0 Å². The Hall–Kier alpha value is -1.35. The quantitative estimate of drug-likeness (QED) is 0.774. The van der Waals surface area contributed by atoms with Gasteiger partial charge in [-0.05, 0) is 36.3 Å². The fraction of sp³-hybridized carbons (Fsp3) is 0.533. The van der Waals surface area contributed by atoms with E-state index in [2.05, 4.69) is 41.8 Å². The van der Waals surface area contributed by atoms with Crippen LogP contribution in [0.15, 0.2) is 24.3 Å². The highest BCUT2D eigenvalue weighted by molar-refractivity contribution is 5.77. The third kappa shape index (κ3) is 4.15. The molecule has 98 valence electrons. The number of benzene rings is 1.